The van der Waals surface area contributed by atoms with Crippen molar-refractivity contribution in [2.24, 2.45) is 0 Å². The van der Waals surface area contributed by atoms with Gasteiger partial charge < -0.3 is 0 Å². The van der Waals surface area contributed by atoms with Gasteiger partial charge in [0.05, 0.1) is 5.52 Å². The molecule has 0 atom stereocenters. The largest absolute Gasteiger partial charge is 0.289 e. The van der Waals surface area contributed by atoms with Gasteiger partial charge in [-0.15, -0.1) is 0 Å². The Morgan fingerprint density at radius 1 is 1.18 bits per heavy atom. The Hall–Kier alpha value is -2.26. The molecule has 108 valence electrons. The molecule has 2 nitrogen and oxygen atoms in total. The molecule has 0 amide bonds. The summed E-state index contributed by atoms with van der Waals surface area (Å²) in [6.45, 7) is 5.53. The molecule has 2 aromatic carbocycles. The van der Waals surface area contributed by atoms with E-state index in [9.17, 15) is 4.79 Å². The van der Waals surface area contributed by atoms with Gasteiger partial charge in [0.15, 0.2) is 5.78 Å². The van der Waals surface area contributed by atoms with Gasteiger partial charge in [0, 0.05) is 21.1 Å². The number of allylic oxidation sites excluding steroid dienone is 1. The molecule has 0 spiro atoms. The first kappa shape index (κ1) is 14.7. The third kappa shape index (κ3) is 2.72. The van der Waals surface area contributed by atoms with Crippen LogP contribution in [0.15, 0.2) is 65.7 Å². The summed E-state index contributed by atoms with van der Waals surface area (Å²) in [6.07, 6.45) is 1.34. The molecule has 3 aromatic rings. The minimum Gasteiger partial charge on any atom is -0.289 e. The molecule has 0 aliphatic carbocycles. The summed E-state index contributed by atoms with van der Waals surface area (Å²) in [5.74, 6) is -0.0712. The maximum atomic E-state index is 11.8. The smallest absolute Gasteiger partial charge is 0.185 e. The molecule has 0 fully saturated rings. The minimum atomic E-state index is -0.0712. The van der Waals surface area contributed by atoms with Gasteiger partial charge in [-0.3, -0.25) is 9.78 Å². The second-order valence-corrected chi connectivity index (χ2v) is 6.04. The predicted molar refractivity (Wildman–Crippen MR) is 94.1 cm³/mol. The Morgan fingerprint density at radius 3 is 2.77 bits per heavy atom. The van der Waals surface area contributed by atoms with Gasteiger partial charge in [-0.05, 0) is 54.5 Å². The van der Waals surface area contributed by atoms with Crippen molar-refractivity contribution in [2.75, 3.05) is 0 Å². The number of rotatable bonds is 3. The zero-order valence-electron chi connectivity index (χ0n) is 12.1. The molecule has 3 rings (SSSR count). The Morgan fingerprint density at radius 2 is 2.00 bits per heavy atom. The van der Waals surface area contributed by atoms with Crippen LogP contribution in [0, 0.1) is 6.92 Å². The van der Waals surface area contributed by atoms with E-state index < -0.39 is 0 Å². The summed E-state index contributed by atoms with van der Waals surface area (Å²) in [5, 5.41) is 1.06. The normalized spacial score (nSPS) is 10.6. The lowest BCUT2D eigenvalue weighted by Crippen LogP contribution is -1.94. The van der Waals surface area contributed by atoms with E-state index in [1.54, 1.807) is 6.07 Å². The molecular weight excluding hydrogens is 338 g/mol. The monoisotopic (exact) mass is 351 g/mol. The quantitative estimate of drug-likeness (QED) is 0.470. The second-order valence-electron chi connectivity index (χ2n) is 5.12. The van der Waals surface area contributed by atoms with Crippen molar-refractivity contribution in [3.8, 4) is 11.1 Å². The van der Waals surface area contributed by atoms with Crippen LogP contribution in [0.1, 0.15) is 16.1 Å². The van der Waals surface area contributed by atoms with Crippen LogP contribution in [0.5, 0.6) is 0 Å². The van der Waals surface area contributed by atoms with Crippen LogP contribution in [-0.2, 0) is 0 Å². The third-order valence-corrected chi connectivity index (χ3v) is 4.04. The van der Waals surface area contributed by atoms with Crippen LogP contribution < -0.4 is 0 Å². The van der Waals surface area contributed by atoms with Gasteiger partial charge in [0.2, 0.25) is 0 Å². The number of carbonyl (C=O) groups is 1. The van der Waals surface area contributed by atoms with Crippen LogP contribution in [0.3, 0.4) is 0 Å². The Balaban J connectivity index is 2.27. The zero-order chi connectivity index (χ0) is 15.7. The number of pyridine rings is 1. The first-order valence-corrected chi connectivity index (χ1v) is 7.72. The van der Waals surface area contributed by atoms with Crippen molar-refractivity contribution < 1.29 is 4.79 Å². The summed E-state index contributed by atoms with van der Waals surface area (Å²) in [6, 6.07) is 15.7. The van der Waals surface area contributed by atoms with E-state index in [4.69, 9.17) is 0 Å². The second kappa shape index (κ2) is 5.85. The standard InChI is InChI=1S/C19H14BrNO/c1-3-19(22)14-6-4-5-13(10-14)16-9-12(2)21-18-8-7-15(20)11-17(16)18/h3-11H,1H2,2H3. The SMILES string of the molecule is C=CC(=O)c1cccc(-c2cc(C)nc3ccc(Br)cc23)c1. The fourth-order valence-electron chi connectivity index (χ4n) is 2.53. The minimum absolute atomic E-state index is 0.0712. The topological polar surface area (TPSA) is 30.0 Å². The number of aromatic nitrogens is 1. The van der Waals surface area contributed by atoms with Crippen molar-refractivity contribution in [2.45, 2.75) is 6.92 Å². The number of hydrogen-bond donors (Lipinski definition) is 0. The number of hydrogen-bond acceptors (Lipinski definition) is 2. The van der Waals surface area contributed by atoms with Crippen LogP contribution in [-0.4, -0.2) is 10.8 Å². The number of carbonyl (C=O) groups excluding carboxylic acids is 1. The van der Waals surface area contributed by atoms with E-state index in [2.05, 4.69) is 33.6 Å². The molecule has 0 saturated carbocycles. The zero-order valence-corrected chi connectivity index (χ0v) is 13.7. The fraction of sp³-hybridized carbons (Fsp3) is 0.0526. The highest BCUT2D eigenvalue weighted by molar-refractivity contribution is 9.10. The van der Waals surface area contributed by atoms with Crippen molar-refractivity contribution in [1.29, 1.82) is 0 Å². The molecule has 0 aliphatic heterocycles. The van der Waals surface area contributed by atoms with Gasteiger partial charge in [0.1, 0.15) is 0 Å². The van der Waals surface area contributed by atoms with E-state index in [-0.39, 0.29) is 5.78 Å². The molecule has 22 heavy (non-hydrogen) atoms. The molecule has 1 heterocycles. The summed E-state index contributed by atoms with van der Waals surface area (Å²) < 4.78 is 1.00. The Labute approximate surface area is 137 Å². The van der Waals surface area contributed by atoms with Crippen molar-refractivity contribution >= 4 is 32.6 Å². The van der Waals surface area contributed by atoms with Gasteiger partial charge >= 0.3 is 0 Å². The number of aryl methyl sites for hydroxylation is 1. The van der Waals surface area contributed by atoms with Crippen molar-refractivity contribution in [3.63, 3.8) is 0 Å². The lowest BCUT2D eigenvalue weighted by molar-refractivity contribution is 0.104. The number of fused-ring (bicyclic) bond motifs is 1. The third-order valence-electron chi connectivity index (χ3n) is 3.54. The summed E-state index contributed by atoms with van der Waals surface area (Å²) in [7, 11) is 0. The average Bonchev–Trinajstić information content (AvgIpc) is 2.54. The maximum Gasteiger partial charge on any atom is 0.185 e. The number of benzene rings is 2. The van der Waals surface area contributed by atoms with Crippen molar-refractivity contribution in [1.82, 2.24) is 4.98 Å². The lowest BCUT2D eigenvalue weighted by atomic mass is 9.97. The van der Waals surface area contributed by atoms with Gasteiger partial charge in [-0.25, -0.2) is 0 Å². The van der Waals surface area contributed by atoms with E-state index in [1.165, 1.54) is 6.08 Å². The number of halogens is 1. The van der Waals surface area contributed by atoms with Crippen LogP contribution in [0.25, 0.3) is 22.0 Å². The number of nitrogens with zero attached hydrogens (tertiary/aromatic N) is 1. The van der Waals surface area contributed by atoms with Crippen LogP contribution in [0.4, 0.5) is 0 Å². The van der Waals surface area contributed by atoms with Crippen molar-refractivity contribution in [3.05, 3.63) is 76.9 Å². The summed E-state index contributed by atoms with van der Waals surface area (Å²) in [4.78, 5) is 16.4. The fourth-order valence-corrected chi connectivity index (χ4v) is 2.89. The molecular formula is C19H14BrNO. The van der Waals surface area contributed by atoms with Gasteiger partial charge in [-0.1, -0.05) is 40.7 Å². The highest BCUT2D eigenvalue weighted by Gasteiger charge is 2.09. The van der Waals surface area contributed by atoms with E-state index in [1.807, 2.05) is 43.3 Å². The molecule has 0 unspecified atom stereocenters. The Bertz CT molecular complexity index is 899. The molecule has 0 radical (unpaired) electrons. The van der Waals surface area contributed by atoms with E-state index >= 15 is 0 Å². The van der Waals surface area contributed by atoms with Gasteiger partial charge in [-0.2, -0.15) is 0 Å². The predicted octanol–water partition coefficient (Wildman–Crippen LogP) is 5.34. The lowest BCUT2D eigenvalue weighted by Gasteiger charge is -2.10. The molecule has 3 heteroatoms. The van der Waals surface area contributed by atoms with Gasteiger partial charge in [0.25, 0.3) is 0 Å². The number of ketones is 1. The van der Waals surface area contributed by atoms with E-state index in [0.29, 0.717) is 5.56 Å². The highest BCUT2D eigenvalue weighted by Crippen LogP contribution is 2.31. The molecule has 0 bridgehead atoms. The molecule has 0 saturated heterocycles. The molecule has 1 aromatic heterocycles. The Kier molecular flexibility index (Phi) is 3.90. The first-order valence-electron chi connectivity index (χ1n) is 6.92. The molecule has 0 N–H and O–H groups in total. The summed E-state index contributed by atoms with van der Waals surface area (Å²) in [5.41, 5.74) is 4.61. The molecule has 0 aliphatic rings. The van der Waals surface area contributed by atoms with E-state index in [0.717, 1.165) is 32.2 Å². The maximum absolute atomic E-state index is 11.8. The van der Waals surface area contributed by atoms with Crippen LogP contribution in [0.2, 0.25) is 0 Å². The first-order chi connectivity index (χ1) is 10.6. The highest BCUT2D eigenvalue weighted by atomic mass is 79.9. The summed E-state index contributed by atoms with van der Waals surface area (Å²) >= 11 is 3.51. The average molecular weight is 352 g/mol. The van der Waals surface area contributed by atoms with Crippen LogP contribution >= 0.6 is 15.9 Å².